The lowest BCUT2D eigenvalue weighted by atomic mass is 9.96. The first-order valence-corrected chi connectivity index (χ1v) is 13.8. The van der Waals surface area contributed by atoms with E-state index in [0.717, 1.165) is 18.7 Å². The number of hydrogen-bond donors (Lipinski definition) is 1. The molecule has 1 saturated heterocycles. The molecule has 1 aliphatic rings. The zero-order chi connectivity index (χ0) is 25.7. The predicted octanol–water partition coefficient (Wildman–Crippen LogP) is 4.27. The minimum absolute atomic E-state index is 0.0602. The fourth-order valence-corrected chi connectivity index (χ4v) is 5.92. The molecule has 3 aromatic rings. The van der Waals surface area contributed by atoms with Crippen LogP contribution in [0, 0.1) is 5.92 Å². The van der Waals surface area contributed by atoms with Crippen LogP contribution in [0.25, 0.3) is 11.4 Å². The van der Waals surface area contributed by atoms with E-state index in [4.69, 9.17) is 16.1 Å². The molecule has 2 aromatic carbocycles. The summed E-state index contributed by atoms with van der Waals surface area (Å²) in [6, 6.07) is 13.6. The fraction of sp³-hybridized carbons (Fsp3) is 0.400. The molecule has 11 heteroatoms. The number of likely N-dealkylation sites (tertiary alicyclic amines) is 1. The van der Waals surface area contributed by atoms with Crippen LogP contribution in [0.2, 0.25) is 5.02 Å². The van der Waals surface area contributed by atoms with Crippen molar-refractivity contribution in [3.63, 3.8) is 0 Å². The van der Waals surface area contributed by atoms with E-state index < -0.39 is 10.0 Å². The molecule has 192 valence electrons. The average molecular weight is 532 g/mol. The van der Waals surface area contributed by atoms with E-state index in [9.17, 15) is 13.2 Å². The van der Waals surface area contributed by atoms with Gasteiger partial charge in [0.05, 0.1) is 11.4 Å². The van der Waals surface area contributed by atoms with Gasteiger partial charge in [0.25, 0.3) is 0 Å². The highest BCUT2D eigenvalue weighted by Crippen LogP contribution is 2.24. The van der Waals surface area contributed by atoms with Crippen molar-refractivity contribution in [2.24, 2.45) is 5.92 Å². The van der Waals surface area contributed by atoms with Crippen molar-refractivity contribution >= 4 is 33.2 Å². The molecule has 1 aliphatic heterocycles. The minimum atomic E-state index is -3.52. The zero-order valence-electron chi connectivity index (χ0n) is 20.4. The molecule has 9 nitrogen and oxygen atoms in total. The first-order valence-electron chi connectivity index (χ1n) is 12.0. The van der Waals surface area contributed by atoms with Crippen LogP contribution in [0.1, 0.15) is 32.6 Å². The highest BCUT2D eigenvalue weighted by atomic mass is 35.5. The molecule has 36 heavy (non-hydrogen) atoms. The van der Waals surface area contributed by atoms with E-state index in [-0.39, 0.29) is 16.7 Å². The molecule has 0 atom stereocenters. The second-order valence-corrected chi connectivity index (χ2v) is 11.0. The molecule has 0 spiro atoms. The quantitative estimate of drug-likeness (QED) is 0.439. The first kappa shape index (κ1) is 26.3. The Bertz CT molecular complexity index is 1280. The van der Waals surface area contributed by atoms with E-state index in [0.29, 0.717) is 54.9 Å². The summed E-state index contributed by atoms with van der Waals surface area (Å²) in [4.78, 5) is 19.7. The number of hydrogen-bond acceptors (Lipinski definition) is 7. The summed E-state index contributed by atoms with van der Waals surface area (Å²) >= 11 is 6.04. The van der Waals surface area contributed by atoms with E-state index >= 15 is 0 Å². The molecule has 0 saturated carbocycles. The van der Waals surface area contributed by atoms with Gasteiger partial charge < -0.3 is 9.84 Å². The second-order valence-electron chi connectivity index (χ2n) is 8.68. The number of piperidine rings is 1. The van der Waals surface area contributed by atoms with Gasteiger partial charge in [-0.3, -0.25) is 9.69 Å². The summed E-state index contributed by atoms with van der Waals surface area (Å²) in [5.41, 5.74) is 1.38. The molecular weight excluding hydrogens is 502 g/mol. The summed E-state index contributed by atoms with van der Waals surface area (Å²) in [6.45, 7) is 6.41. The van der Waals surface area contributed by atoms with Crippen LogP contribution in [-0.2, 0) is 21.4 Å². The van der Waals surface area contributed by atoms with E-state index in [2.05, 4.69) is 20.4 Å². The Morgan fingerprint density at radius 3 is 2.47 bits per heavy atom. The van der Waals surface area contributed by atoms with Crippen LogP contribution in [0.3, 0.4) is 0 Å². The summed E-state index contributed by atoms with van der Waals surface area (Å²) in [6.07, 6.45) is 1.41. The predicted molar refractivity (Wildman–Crippen MR) is 138 cm³/mol. The van der Waals surface area contributed by atoms with Crippen LogP contribution in [0.15, 0.2) is 57.9 Å². The molecule has 4 rings (SSSR count). The Balaban J connectivity index is 1.28. The SMILES string of the molecule is CCN(CC)S(=O)(=O)c1ccc(NC(=O)C2CCN(Cc3nc(-c4cccc(Cl)c4)no3)CC2)cc1. The lowest BCUT2D eigenvalue weighted by Crippen LogP contribution is -2.37. The highest BCUT2D eigenvalue weighted by Gasteiger charge is 2.27. The van der Waals surface area contributed by atoms with Gasteiger partial charge in [-0.15, -0.1) is 0 Å². The second kappa shape index (κ2) is 11.5. The van der Waals surface area contributed by atoms with Gasteiger partial charge in [-0.2, -0.15) is 9.29 Å². The van der Waals surface area contributed by atoms with Crippen LogP contribution in [0.4, 0.5) is 5.69 Å². The minimum Gasteiger partial charge on any atom is -0.338 e. The maximum absolute atomic E-state index is 12.8. The normalized spacial score (nSPS) is 15.3. The van der Waals surface area contributed by atoms with Gasteiger partial charge in [0.1, 0.15) is 0 Å². The Labute approximate surface area is 216 Å². The number of aromatic nitrogens is 2. The molecule has 0 aliphatic carbocycles. The number of halogens is 1. The fourth-order valence-electron chi connectivity index (χ4n) is 4.28. The summed E-state index contributed by atoms with van der Waals surface area (Å²) < 4.78 is 32.1. The van der Waals surface area contributed by atoms with Crippen LogP contribution in [0.5, 0.6) is 0 Å². The van der Waals surface area contributed by atoms with E-state index in [1.807, 2.05) is 12.1 Å². The number of nitrogens with zero attached hydrogens (tertiary/aromatic N) is 4. The third-order valence-corrected chi connectivity index (χ3v) is 8.63. The van der Waals surface area contributed by atoms with Crippen molar-refractivity contribution in [3.05, 3.63) is 59.4 Å². The van der Waals surface area contributed by atoms with Crippen molar-refractivity contribution in [2.75, 3.05) is 31.5 Å². The number of carbonyl (C=O) groups is 1. The van der Waals surface area contributed by atoms with Crippen LogP contribution >= 0.6 is 11.6 Å². The molecule has 2 heterocycles. The maximum atomic E-state index is 12.8. The van der Waals surface area contributed by atoms with Crippen molar-refractivity contribution in [3.8, 4) is 11.4 Å². The Morgan fingerprint density at radius 1 is 1.14 bits per heavy atom. The number of anilines is 1. The lowest BCUT2D eigenvalue weighted by molar-refractivity contribution is -0.121. The van der Waals surface area contributed by atoms with Gasteiger partial charge in [-0.05, 0) is 62.3 Å². The molecule has 1 aromatic heterocycles. The monoisotopic (exact) mass is 531 g/mol. The van der Waals surface area contributed by atoms with Crippen molar-refractivity contribution < 1.29 is 17.7 Å². The van der Waals surface area contributed by atoms with Crippen LogP contribution < -0.4 is 5.32 Å². The summed E-state index contributed by atoms with van der Waals surface area (Å²) in [7, 11) is -3.52. The molecule has 1 N–H and O–H groups in total. The van der Waals surface area contributed by atoms with Crippen molar-refractivity contribution in [2.45, 2.75) is 38.1 Å². The molecule has 1 fully saturated rings. The van der Waals surface area contributed by atoms with Gasteiger partial charge in [-0.1, -0.05) is 42.7 Å². The van der Waals surface area contributed by atoms with Gasteiger partial charge in [0.15, 0.2) is 0 Å². The van der Waals surface area contributed by atoms with Crippen LogP contribution in [-0.4, -0.2) is 59.8 Å². The third-order valence-electron chi connectivity index (χ3n) is 6.33. The van der Waals surface area contributed by atoms with Crippen molar-refractivity contribution in [1.82, 2.24) is 19.3 Å². The first-order chi connectivity index (χ1) is 17.3. The molecule has 0 unspecified atom stereocenters. The Morgan fingerprint density at radius 2 is 1.83 bits per heavy atom. The maximum Gasteiger partial charge on any atom is 0.243 e. The number of carbonyl (C=O) groups excluding carboxylic acids is 1. The zero-order valence-corrected chi connectivity index (χ0v) is 21.9. The van der Waals surface area contributed by atoms with E-state index in [1.54, 1.807) is 38.1 Å². The number of sulfonamides is 1. The Hall–Kier alpha value is -2.79. The highest BCUT2D eigenvalue weighted by molar-refractivity contribution is 7.89. The number of benzene rings is 2. The van der Waals surface area contributed by atoms with Crippen molar-refractivity contribution in [1.29, 1.82) is 0 Å². The number of rotatable bonds is 9. The number of nitrogens with one attached hydrogen (secondary N) is 1. The van der Waals surface area contributed by atoms with Gasteiger partial charge in [-0.25, -0.2) is 8.42 Å². The smallest absolute Gasteiger partial charge is 0.243 e. The van der Waals surface area contributed by atoms with Gasteiger partial charge in [0.2, 0.25) is 27.6 Å². The molecule has 0 bridgehead atoms. The average Bonchev–Trinajstić information content (AvgIpc) is 3.34. The van der Waals surface area contributed by atoms with Gasteiger partial charge in [0, 0.05) is 35.3 Å². The standard InChI is InChI=1S/C25H30ClN5O4S/c1-3-31(4-2)36(33,34)22-10-8-21(9-11-22)27-25(32)18-12-14-30(15-13-18)17-23-28-24(29-35-23)19-6-5-7-20(26)16-19/h5-11,16,18H,3-4,12-15,17H2,1-2H3,(H,27,32). The Kier molecular flexibility index (Phi) is 8.40. The largest absolute Gasteiger partial charge is 0.338 e. The molecule has 1 amide bonds. The number of amides is 1. The third kappa shape index (κ3) is 6.12. The van der Waals surface area contributed by atoms with Gasteiger partial charge >= 0.3 is 0 Å². The summed E-state index contributed by atoms with van der Waals surface area (Å²) in [5.74, 6) is 0.838. The molecule has 0 radical (unpaired) electrons. The van der Waals surface area contributed by atoms with E-state index in [1.165, 1.54) is 16.4 Å². The molecular formula is C25H30ClN5O4S. The lowest BCUT2D eigenvalue weighted by Gasteiger charge is -2.30. The topological polar surface area (TPSA) is 109 Å². The summed E-state index contributed by atoms with van der Waals surface area (Å²) in [5, 5.41) is 7.58.